The van der Waals surface area contributed by atoms with Crippen molar-refractivity contribution in [1.82, 2.24) is 10.6 Å². The molecule has 0 aromatic heterocycles. The lowest BCUT2D eigenvalue weighted by Crippen LogP contribution is -2.42. The fourth-order valence-corrected chi connectivity index (χ4v) is 3.07. The maximum absolute atomic E-state index is 5.98. The van der Waals surface area contributed by atoms with Crippen molar-refractivity contribution in [1.29, 1.82) is 0 Å². The zero-order valence-electron chi connectivity index (χ0n) is 16.5. The van der Waals surface area contributed by atoms with Crippen LogP contribution in [0, 0.1) is 0 Å². The summed E-state index contributed by atoms with van der Waals surface area (Å²) in [5.41, 5.74) is 2.31. The topological polar surface area (TPSA) is 64.1 Å². The number of hydrogen-bond donors (Lipinski definition) is 2. The summed E-state index contributed by atoms with van der Waals surface area (Å²) in [5, 5.41) is 6.65. The molecule has 7 heteroatoms. The Morgan fingerprint density at radius 2 is 1.89 bits per heavy atom. The van der Waals surface area contributed by atoms with Gasteiger partial charge in [0.15, 0.2) is 17.5 Å². The zero-order valence-corrected chi connectivity index (χ0v) is 18.9. The van der Waals surface area contributed by atoms with E-state index >= 15 is 0 Å². The first-order valence-corrected chi connectivity index (χ1v) is 9.21. The lowest BCUT2D eigenvalue weighted by atomic mass is 10.1. The summed E-state index contributed by atoms with van der Waals surface area (Å²) < 4.78 is 16.6. The molecule has 2 N–H and O–H groups in total. The Morgan fingerprint density at radius 1 is 1.11 bits per heavy atom. The number of rotatable bonds is 7. The molecule has 1 aliphatic rings. The van der Waals surface area contributed by atoms with E-state index in [9.17, 15) is 0 Å². The van der Waals surface area contributed by atoms with Crippen LogP contribution in [-0.2, 0) is 13.0 Å². The fourth-order valence-electron chi connectivity index (χ4n) is 3.07. The van der Waals surface area contributed by atoms with Crippen LogP contribution in [0.2, 0.25) is 0 Å². The molecule has 28 heavy (non-hydrogen) atoms. The maximum atomic E-state index is 5.98. The summed E-state index contributed by atoms with van der Waals surface area (Å²) in [6.45, 7) is 4.09. The van der Waals surface area contributed by atoms with Crippen LogP contribution < -0.4 is 24.8 Å². The van der Waals surface area contributed by atoms with Crippen molar-refractivity contribution < 1.29 is 14.2 Å². The molecular weight excluding hydrogens is 469 g/mol. The molecule has 0 fully saturated rings. The Labute approximate surface area is 183 Å². The molecule has 2 aromatic carbocycles. The van der Waals surface area contributed by atoms with E-state index in [1.807, 2.05) is 36.4 Å². The molecule has 0 spiro atoms. The van der Waals surface area contributed by atoms with E-state index in [0.717, 1.165) is 30.2 Å². The van der Waals surface area contributed by atoms with Crippen LogP contribution in [0.3, 0.4) is 0 Å². The standard InChI is InChI=1S/C21H27N3O3.HI/c1-4-22-21(23-13-15-9-10-19(25-2)20(11-15)26-3)24-14-17-12-16-7-5-6-8-18(16)27-17;/h5-11,17H,4,12-14H2,1-3H3,(H2,22,23,24);1H. The normalized spacial score (nSPS) is 15.1. The number of guanidine groups is 1. The van der Waals surface area contributed by atoms with Gasteiger partial charge in [-0.05, 0) is 36.2 Å². The predicted octanol–water partition coefficient (Wildman–Crippen LogP) is 3.38. The highest BCUT2D eigenvalue weighted by Crippen LogP contribution is 2.28. The highest BCUT2D eigenvalue weighted by molar-refractivity contribution is 14.0. The Hall–Kier alpha value is -2.16. The number of hydrogen-bond acceptors (Lipinski definition) is 4. The largest absolute Gasteiger partial charge is 0.493 e. The first-order chi connectivity index (χ1) is 13.2. The van der Waals surface area contributed by atoms with Crippen LogP contribution in [0.1, 0.15) is 18.1 Å². The van der Waals surface area contributed by atoms with Crippen LogP contribution >= 0.6 is 24.0 Å². The molecule has 1 heterocycles. The zero-order chi connectivity index (χ0) is 19.1. The average molecular weight is 497 g/mol. The number of nitrogens with one attached hydrogen (secondary N) is 2. The third-order valence-corrected chi connectivity index (χ3v) is 4.42. The predicted molar refractivity (Wildman–Crippen MR) is 122 cm³/mol. The number of para-hydroxylation sites is 1. The summed E-state index contributed by atoms with van der Waals surface area (Å²) in [4.78, 5) is 4.67. The lowest BCUT2D eigenvalue weighted by molar-refractivity contribution is 0.235. The number of aliphatic imine (C=N–C) groups is 1. The van der Waals surface area contributed by atoms with Gasteiger partial charge in [-0.25, -0.2) is 4.99 Å². The summed E-state index contributed by atoms with van der Waals surface area (Å²) in [6.07, 6.45) is 1.03. The van der Waals surface area contributed by atoms with E-state index in [1.54, 1.807) is 14.2 Å². The second-order valence-electron chi connectivity index (χ2n) is 6.32. The number of halogens is 1. The highest BCUT2D eigenvalue weighted by atomic mass is 127. The van der Waals surface area contributed by atoms with E-state index in [1.165, 1.54) is 5.56 Å². The highest BCUT2D eigenvalue weighted by Gasteiger charge is 2.22. The summed E-state index contributed by atoms with van der Waals surface area (Å²) >= 11 is 0. The minimum absolute atomic E-state index is 0. The van der Waals surface area contributed by atoms with Crippen molar-refractivity contribution in [2.45, 2.75) is 26.0 Å². The van der Waals surface area contributed by atoms with Gasteiger partial charge in [-0.15, -0.1) is 24.0 Å². The Morgan fingerprint density at radius 3 is 2.61 bits per heavy atom. The molecule has 1 atom stereocenters. The van der Waals surface area contributed by atoms with E-state index in [0.29, 0.717) is 24.6 Å². The molecule has 0 bridgehead atoms. The van der Waals surface area contributed by atoms with Crippen molar-refractivity contribution in [3.8, 4) is 17.2 Å². The van der Waals surface area contributed by atoms with Crippen LogP contribution in [0.4, 0.5) is 0 Å². The molecule has 6 nitrogen and oxygen atoms in total. The molecule has 1 aliphatic heterocycles. The van der Waals surface area contributed by atoms with Gasteiger partial charge < -0.3 is 24.8 Å². The summed E-state index contributed by atoms with van der Waals surface area (Å²) in [5.74, 6) is 3.18. The first-order valence-electron chi connectivity index (χ1n) is 9.21. The molecule has 0 aliphatic carbocycles. The van der Waals surface area contributed by atoms with E-state index in [2.05, 4.69) is 28.6 Å². The molecule has 0 radical (unpaired) electrons. The fraction of sp³-hybridized carbons (Fsp3) is 0.381. The number of methoxy groups -OCH3 is 2. The van der Waals surface area contributed by atoms with Crippen LogP contribution in [0.15, 0.2) is 47.5 Å². The lowest BCUT2D eigenvalue weighted by Gasteiger charge is -2.15. The van der Waals surface area contributed by atoms with Crippen molar-refractivity contribution in [2.75, 3.05) is 27.3 Å². The molecule has 152 valence electrons. The molecule has 2 aromatic rings. The molecule has 3 rings (SSSR count). The Kier molecular flexibility index (Phi) is 8.69. The van der Waals surface area contributed by atoms with Gasteiger partial charge in [0, 0.05) is 13.0 Å². The Bertz CT molecular complexity index is 773. The number of fused-ring (bicyclic) bond motifs is 1. The summed E-state index contributed by atoms with van der Waals surface area (Å²) in [7, 11) is 3.27. The number of nitrogens with zero attached hydrogens (tertiary/aromatic N) is 1. The van der Waals surface area contributed by atoms with Crippen LogP contribution in [-0.4, -0.2) is 39.4 Å². The maximum Gasteiger partial charge on any atom is 0.191 e. The van der Waals surface area contributed by atoms with Gasteiger partial charge in [0.1, 0.15) is 11.9 Å². The average Bonchev–Trinajstić information content (AvgIpc) is 3.12. The number of benzene rings is 2. The van der Waals surface area contributed by atoms with Gasteiger partial charge >= 0.3 is 0 Å². The van der Waals surface area contributed by atoms with E-state index < -0.39 is 0 Å². The smallest absolute Gasteiger partial charge is 0.191 e. The van der Waals surface area contributed by atoms with Crippen molar-refractivity contribution in [3.63, 3.8) is 0 Å². The molecular formula is C21H28IN3O3. The van der Waals surface area contributed by atoms with E-state index in [4.69, 9.17) is 14.2 Å². The van der Waals surface area contributed by atoms with Crippen LogP contribution in [0.25, 0.3) is 0 Å². The first kappa shape index (κ1) is 22.1. The van der Waals surface area contributed by atoms with Gasteiger partial charge in [-0.2, -0.15) is 0 Å². The van der Waals surface area contributed by atoms with Crippen molar-refractivity contribution >= 4 is 29.9 Å². The van der Waals surface area contributed by atoms with E-state index in [-0.39, 0.29) is 30.1 Å². The van der Waals surface area contributed by atoms with Gasteiger partial charge in [0.05, 0.1) is 27.3 Å². The van der Waals surface area contributed by atoms with Gasteiger partial charge in [0.2, 0.25) is 0 Å². The summed E-state index contributed by atoms with van der Waals surface area (Å²) in [6, 6.07) is 14.0. The molecule has 0 saturated heterocycles. The van der Waals surface area contributed by atoms with Crippen molar-refractivity contribution in [2.24, 2.45) is 4.99 Å². The third-order valence-electron chi connectivity index (χ3n) is 4.42. The minimum atomic E-state index is 0. The molecule has 0 saturated carbocycles. The number of ether oxygens (including phenoxy) is 3. The SMILES string of the molecule is CCNC(=NCc1ccc(OC)c(OC)c1)NCC1Cc2ccccc2O1.I. The quantitative estimate of drug-likeness (QED) is 0.349. The third kappa shape index (κ3) is 5.67. The van der Waals surface area contributed by atoms with Gasteiger partial charge in [0.25, 0.3) is 0 Å². The molecule has 1 unspecified atom stereocenters. The Balaban J connectivity index is 0.00000280. The van der Waals surface area contributed by atoms with Gasteiger partial charge in [-0.1, -0.05) is 24.3 Å². The van der Waals surface area contributed by atoms with Gasteiger partial charge in [-0.3, -0.25) is 0 Å². The van der Waals surface area contributed by atoms with Crippen LogP contribution in [0.5, 0.6) is 17.2 Å². The monoisotopic (exact) mass is 497 g/mol. The molecule has 0 amide bonds. The second kappa shape index (κ2) is 11.0. The van der Waals surface area contributed by atoms with Crippen molar-refractivity contribution in [3.05, 3.63) is 53.6 Å². The second-order valence-corrected chi connectivity index (χ2v) is 6.32. The minimum Gasteiger partial charge on any atom is -0.493 e.